The second-order valence-electron chi connectivity index (χ2n) is 8.09. The number of hydrogen-bond acceptors (Lipinski definition) is 4. The normalized spacial score (nSPS) is 11.6. The SMILES string of the molecule is Cc1nn(CC(C)C)c(C)c1CC(=O)Nc1cccc(S(=O)(=O)Nc2ccc(Cl)cc2)c1. The molecule has 7 nitrogen and oxygen atoms in total. The number of carbonyl (C=O) groups excluding carboxylic acids is 1. The van der Waals surface area contributed by atoms with Crippen molar-refractivity contribution < 1.29 is 13.2 Å². The maximum absolute atomic E-state index is 12.7. The minimum atomic E-state index is -3.82. The van der Waals surface area contributed by atoms with Crippen molar-refractivity contribution >= 4 is 38.9 Å². The van der Waals surface area contributed by atoms with Crippen molar-refractivity contribution in [2.24, 2.45) is 5.92 Å². The summed E-state index contributed by atoms with van der Waals surface area (Å²) in [5.41, 5.74) is 3.47. The molecule has 0 saturated carbocycles. The smallest absolute Gasteiger partial charge is 0.261 e. The first kappa shape index (κ1) is 23.8. The molecule has 2 aromatic carbocycles. The number of aromatic nitrogens is 2. The van der Waals surface area contributed by atoms with Gasteiger partial charge in [0.25, 0.3) is 10.0 Å². The Hall–Kier alpha value is -2.84. The van der Waals surface area contributed by atoms with Gasteiger partial charge in [0.15, 0.2) is 0 Å². The standard InChI is InChI=1S/C23H27ClN4O3S/c1-15(2)14-28-17(4)22(16(3)26-28)13-23(29)25-20-6-5-7-21(12-20)32(30,31)27-19-10-8-18(24)9-11-19/h5-12,15,27H,13-14H2,1-4H3,(H,25,29). The lowest BCUT2D eigenvalue weighted by atomic mass is 10.1. The predicted octanol–water partition coefficient (Wildman–Crippen LogP) is 4.79. The Morgan fingerprint density at radius 1 is 1.09 bits per heavy atom. The van der Waals surface area contributed by atoms with Gasteiger partial charge in [-0.15, -0.1) is 0 Å². The second kappa shape index (κ2) is 9.75. The van der Waals surface area contributed by atoms with Crippen LogP contribution in [0.2, 0.25) is 5.02 Å². The number of benzene rings is 2. The number of carbonyl (C=O) groups is 1. The van der Waals surface area contributed by atoms with Crippen molar-refractivity contribution in [1.82, 2.24) is 9.78 Å². The monoisotopic (exact) mass is 474 g/mol. The summed E-state index contributed by atoms with van der Waals surface area (Å²) in [5.74, 6) is 0.210. The third kappa shape index (κ3) is 5.89. The molecule has 1 aromatic heterocycles. The van der Waals surface area contributed by atoms with Crippen LogP contribution in [0.5, 0.6) is 0 Å². The van der Waals surface area contributed by atoms with Crippen LogP contribution in [0.3, 0.4) is 0 Å². The summed E-state index contributed by atoms with van der Waals surface area (Å²) in [6.45, 7) is 8.87. The van der Waals surface area contributed by atoms with Crippen molar-refractivity contribution in [2.75, 3.05) is 10.0 Å². The summed E-state index contributed by atoms with van der Waals surface area (Å²) < 4.78 is 29.9. The van der Waals surface area contributed by atoms with E-state index in [0.717, 1.165) is 23.5 Å². The molecule has 0 saturated heterocycles. The fraction of sp³-hybridized carbons (Fsp3) is 0.304. The maximum atomic E-state index is 12.7. The van der Waals surface area contributed by atoms with E-state index >= 15 is 0 Å². The lowest BCUT2D eigenvalue weighted by molar-refractivity contribution is -0.115. The van der Waals surface area contributed by atoms with Crippen molar-refractivity contribution in [2.45, 2.75) is 45.6 Å². The van der Waals surface area contributed by atoms with Crippen LogP contribution in [-0.4, -0.2) is 24.1 Å². The van der Waals surface area contributed by atoms with Gasteiger partial charge in [-0.3, -0.25) is 14.2 Å². The van der Waals surface area contributed by atoms with E-state index in [-0.39, 0.29) is 17.2 Å². The van der Waals surface area contributed by atoms with E-state index in [1.807, 2.05) is 18.5 Å². The molecule has 0 spiro atoms. The zero-order chi connectivity index (χ0) is 23.5. The third-order valence-electron chi connectivity index (χ3n) is 4.93. The van der Waals surface area contributed by atoms with Gasteiger partial charge in [0.2, 0.25) is 5.91 Å². The molecule has 0 radical (unpaired) electrons. The molecule has 9 heteroatoms. The van der Waals surface area contributed by atoms with Crippen LogP contribution in [0.25, 0.3) is 0 Å². The van der Waals surface area contributed by atoms with Crippen molar-refractivity contribution in [1.29, 1.82) is 0 Å². The van der Waals surface area contributed by atoms with Gasteiger partial charge in [-0.25, -0.2) is 8.42 Å². The molecule has 2 N–H and O–H groups in total. The van der Waals surface area contributed by atoms with Crippen molar-refractivity contribution in [3.8, 4) is 0 Å². The first-order valence-corrected chi connectivity index (χ1v) is 12.1. The van der Waals surface area contributed by atoms with Gasteiger partial charge in [0.1, 0.15) is 0 Å². The van der Waals surface area contributed by atoms with Crippen molar-refractivity contribution in [3.05, 3.63) is 70.5 Å². The van der Waals surface area contributed by atoms with Gasteiger partial charge >= 0.3 is 0 Å². The summed E-state index contributed by atoms with van der Waals surface area (Å²) >= 11 is 5.85. The lowest BCUT2D eigenvalue weighted by Crippen LogP contribution is -2.17. The van der Waals surface area contributed by atoms with Gasteiger partial charge in [0, 0.05) is 34.2 Å². The second-order valence-corrected chi connectivity index (χ2v) is 10.2. The number of rotatable bonds is 8. The Kier molecular flexibility index (Phi) is 7.26. The molecule has 0 atom stereocenters. The van der Waals surface area contributed by atoms with Gasteiger partial charge in [-0.05, 0) is 62.2 Å². The Morgan fingerprint density at radius 2 is 1.78 bits per heavy atom. The van der Waals surface area contributed by atoms with E-state index in [1.165, 1.54) is 12.1 Å². The summed E-state index contributed by atoms with van der Waals surface area (Å²) in [6, 6.07) is 12.5. The molecule has 0 unspecified atom stereocenters. The average Bonchev–Trinajstić information content (AvgIpc) is 2.96. The fourth-order valence-electron chi connectivity index (χ4n) is 3.35. The minimum absolute atomic E-state index is 0.0439. The molecule has 1 amide bonds. The first-order chi connectivity index (χ1) is 15.0. The molecule has 0 aliphatic heterocycles. The van der Waals surface area contributed by atoms with E-state index in [9.17, 15) is 13.2 Å². The van der Waals surface area contributed by atoms with Crippen LogP contribution in [-0.2, 0) is 27.8 Å². The number of nitrogens with one attached hydrogen (secondary N) is 2. The Bertz CT molecular complexity index is 1220. The van der Waals surface area contributed by atoms with Gasteiger partial charge in [0.05, 0.1) is 17.0 Å². The zero-order valence-corrected chi connectivity index (χ0v) is 20.1. The van der Waals surface area contributed by atoms with Crippen LogP contribution < -0.4 is 10.0 Å². The molecule has 1 heterocycles. The molecule has 3 rings (SSSR count). The molecule has 0 fully saturated rings. The van der Waals surface area contributed by atoms with E-state index in [1.54, 1.807) is 36.4 Å². The van der Waals surface area contributed by atoms with E-state index in [4.69, 9.17) is 11.6 Å². The largest absolute Gasteiger partial charge is 0.326 e. The van der Waals surface area contributed by atoms with Crippen LogP contribution >= 0.6 is 11.6 Å². The first-order valence-electron chi connectivity index (χ1n) is 10.3. The number of nitrogens with zero attached hydrogens (tertiary/aromatic N) is 2. The molecule has 170 valence electrons. The van der Waals surface area contributed by atoms with Gasteiger partial charge in [-0.2, -0.15) is 5.10 Å². The molecule has 0 aliphatic carbocycles. The molecular weight excluding hydrogens is 448 g/mol. The predicted molar refractivity (Wildman–Crippen MR) is 128 cm³/mol. The number of anilines is 2. The van der Waals surface area contributed by atoms with E-state index in [0.29, 0.717) is 22.3 Å². The van der Waals surface area contributed by atoms with Gasteiger partial charge < -0.3 is 5.32 Å². The molecule has 32 heavy (non-hydrogen) atoms. The number of aryl methyl sites for hydroxylation is 1. The minimum Gasteiger partial charge on any atom is -0.326 e. The highest BCUT2D eigenvalue weighted by Gasteiger charge is 2.18. The number of hydrogen-bond donors (Lipinski definition) is 2. The van der Waals surface area contributed by atoms with Crippen LogP contribution in [0.4, 0.5) is 11.4 Å². The summed E-state index contributed by atoms with van der Waals surface area (Å²) in [4.78, 5) is 12.7. The van der Waals surface area contributed by atoms with Gasteiger partial charge in [-0.1, -0.05) is 31.5 Å². The number of sulfonamides is 1. The van der Waals surface area contributed by atoms with Crippen LogP contribution in [0, 0.1) is 19.8 Å². The topological polar surface area (TPSA) is 93.1 Å². The highest BCUT2D eigenvalue weighted by molar-refractivity contribution is 7.92. The quantitative estimate of drug-likeness (QED) is 0.490. The maximum Gasteiger partial charge on any atom is 0.261 e. The molecule has 0 aliphatic rings. The van der Waals surface area contributed by atoms with Crippen molar-refractivity contribution in [3.63, 3.8) is 0 Å². The molecular formula is C23H27ClN4O3S. The average molecular weight is 475 g/mol. The van der Waals surface area contributed by atoms with Crippen LogP contribution in [0.1, 0.15) is 30.8 Å². The third-order valence-corrected chi connectivity index (χ3v) is 6.56. The highest BCUT2D eigenvalue weighted by Crippen LogP contribution is 2.21. The highest BCUT2D eigenvalue weighted by atomic mass is 35.5. The number of amides is 1. The van der Waals surface area contributed by atoms with Crippen LogP contribution in [0.15, 0.2) is 53.4 Å². The summed E-state index contributed by atoms with van der Waals surface area (Å²) in [7, 11) is -3.82. The molecule has 0 bridgehead atoms. The lowest BCUT2D eigenvalue weighted by Gasteiger charge is -2.11. The van der Waals surface area contributed by atoms with E-state index < -0.39 is 10.0 Å². The Labute approximate surface area is 193 Å². The molecule has 3 aromatic rings. The summed E-state index contributed by atoms with van der Waals surface area (Å²) in [6.07, 6.45) is 0.162. The number of halogens is 1. The summed E-state index contributed by atoms with van der Waals surface area (Å²) in [5, 5.41) is 7.85. The Morgan fingerprint density at radius 3 is 2.44 bits per heavy atom. The Balaban J connectivity index is 1.72. The fourth-order valence-corrected chi connectivity index (χ4v) is 4.58. The zero-order valence-electron chi connectivity index (χ0n) is 18.5. The van der Waals surface area contributed by atoms with E-state index in [2.05, 4.69) is 29.0 Å².